The van der Waals surface area contributed by atoms with E-state index in [0.29, 0.717) is 0 Å². The molecule has 10 heteroatoms. The molecular weight excluding hydrogens is 314 g/mol. The Morgan fingerprint density at radius 2 is 1.70 bits per heavy atom. The molecule has 0 N–H and O–H groups in total. The van der Waals surface area contributed by atoms with E-state index in [2.05, 4.69) is 5.10 Å². The molecule has 0 saturated carbocycles. The molecule has 0 aliphatic rings. The molecule has 0 atom stereocenters. The molecule has 1 heterocycles. The minimum absolute atomic E-state index is 0.0548. The SMILES string of the molecule is FC(F)(F)CCOCc1nn(CCC(F)(F)F)cc1Cl. The number of hydrogen-bond acceptors (Lipinski definition) is 2. The summed E-state index contributed by atoms with van der Waals surface area (Å²) in [6, 6.07) is 0. The normalized spacial score (nSPS) is 12.9. The van der Waals surface area contributed by atoms with Gasteiger partial charge in [0.15, 0.2) is 0 Å². The number of aromatic nitrogens is 2. The third-order valence-electron chi connectivity index (χ3n) is 2.18. The summed E-state index contributed by atoms with van der Waals surface area (Å²) in [5.41, 5.74) is 0.107. The van der Waals surface area contributed by atoms with E-state index in [1.165, 1.54) is 6.20 Å². The van der Waals surface area contributed by atoms with Crippen molar-refractivity contribution in [1.29, 1.82) is 0 Å². The highest BCUT2D eigenvalue weighted by molar-refractivity contribution is 6.31. The lowest BCUT2D eigenvalue weighted by atomic mass is 10.4. The molecule has 0 aliphatic carbocycles. The molecule has 20 heavy (non-hydrogen) atoms. The van der Waals surface area contributed by atoms with Crippen molar-refractivity contribution in [1.82, 2.24) is 9.78 Å². The van der Waals surface area contributed by atoms with Gasteiger partial charge in [-0.3, -0.25) is 4.68 Å². The van der Waals surface area contributed by atoms with Crippen LogP contribution in [0.5, 0.6) is 0 Å². The second-order valence-corrected chi connectivity index (χ2v) is 4.38. The van der Waals surface area contributed by atoms with Gasteiger partial charge in [0.25, 0.3) is 0 Å². The monoisotopic (exact) mass is 324 g/mol. The van der Waals surface area contributed by atoms with Crippen molar-refractivity contribution in [3.05, 3.63) is 16.9 Å². The maximum absolute atomic E-state index is 12.0. The van der Waals surface area contributed by atoms with Crippen LogP contribution in [-0.4, -0.2) is 28.7 Å². The predicted molar refractivity (Wildman–Crippen MR) is 58.2 cm³/mol. The van der Waals surface area contributed by atoms with Gasteiger partial charge in [-0.2, -0.15) is 31.4 Å². The first kappa shape index (κ1) is 17.1. The third-order valence-corrected chi connectivity index (χ3v) is 2.50. The summed E-state index contributed by atoms with van der Waals surface area (Å²) in [6.07, 6.45) is -9.65. The van der Waals surface area contributed by atoms with Gasteiger partial charge in [-0.1, -0.05) is 11.6 Å². The minimum atomic E-state index is -4.32. The van der Waals surface area contributed by atoms with Crippen LogP contribution in [0.25, 0.3) is 0 Å². The average molecular weight is 325 g/mol. The van der Waals surface area contributed by atoms with Crippen molar-refractivity contribution in [3.63, 3.8) is 0 Å². The summed E-state index contributed by atoms with van der Waals surface area (Å²) in [7, 11) is 0. The molecule has 0 aliphatic heterocycles. The highest BCUT2D eigenvalue weighted by Crippen LogP contribution is 2.22. The van der Waals surface area contributed by atoms with Gasteiger partial charge in [-0.05, 0) is 0 Å². The fraction of sp³-hybridized carbons (Fsp3) is 0.700. The number of alkyl halides is 6. The van der Waals surface area contributed by atoms with E-state index in [9.17, 15) is 26.3 Å². The van der Waals surface area contributed by atoms with E-state index < -0.39 is 38.3 Å². The molecule has 0 saturated heterocycles. The van der Waals surface area contributed by atoms with Crippen LogP contribution in [0.1, 0.15) is 18.5 Å². The smallest absolute Gasteiger partial charge is 0.375 e. The number of hydrogen-bond donors (Lipinski definition) is 0. The molecule has 1 aromatic rings. The lowest BCUT2D eigenvalue weighted by Gasteiger charge is -2.06. The molecule has 0 spiro atoms. The summed E-state index contributed by atoms with van der Waals surface area (Å²) >= 11 is 5.70. The Hall–Kier alpha value is -0.960. The number of aryl methyl sites for hydroxylation is 1. The number of nitrogens with zero attached hydrogens (tertiary/aromatic N) is 2. The minimum Gasteiger partial charge on any atom is -0.375 e. The van der Waals surface area contributed by atoms with E-state index in [1.54, 1.807) is 0 Å². The Kier molecular flexibility index (Phi) is 5.69. The lowest BCUT2D eigenvalue weighted by molar-refractivity contribution is -0.146. The lowest BCUT2D eigenvalue weighted by Crippen LogP contribution is -2.13. The van der Waals surface area contributed by atoms with Crippen LogP contribution >= 0.6 is 11.6 Å². The Morgan fingerprint density at radius 3 is 2.25 bits per heavy atom. The Morgan fingerprint density at radius 1 is 1.10 bits per heavy atom. The van der Waals surface area contributed by atoms with Crippen molar-refractivity contribution < 1.29 is 31.1 Å². The zero-order valence-electron chi connectivity index (χ0n) is 10.1. The first-order valence-corrected chi connectivity index (χ1v) is 5.88. The summed E-state index contributed by atoms with van der Waals surface area (Å²) in [5.74, 6) is 0. The van der Waals surface area contributed by atoms with Crippen molar-refractivity contribution >= 4 is 11.6 Å². The van der Waals surface area contributed by atoms with Crippen LogP contribution < -0.4 is 0 Å². The van der Waals surface area contributed by atoms with Crippen molar-refractivity contribution in [2.24, 2.45) is 0 Å². The highest BCUT2D eigenvalue weighted by atomic mass is 35.5. The largest absolute Gasteiger partial charge is 0.391 e. The molecule has 116 valence electrons. The van der Waals surface area contributed by atoms with E-state index >= 15 is 0 Å². The third kappa shape index (κ3) is 6.99. The van der Waals surface area contributed by atoms with Gasteiger partial charge in [0.05, 0.1) is 31.1 Å². The summed E-state index contributed by atoms with van der Waals surface area (Å²) in [4.78, 5) is 0. The number of ether oxygens (including phenoxy) is 1. The van der Waals surface area contributed by atoms with Gasteiger partial charge < -0.3 is 4.74 Å². The zero-order valence-corrected chi connectivity index (χ0v) is 10.8. The molecule has 0 amide bonds. The van der Waals surface area contributed by atoms with Gasteiger partial charge in [0.1, 0.15) is 5.69 Å². The molecule has 0 unspecified atom stereocenters. The topological polar surface area (TPSA) is 27.1 Å². The summed E-state index contributed by atoms with van der Waals surface area (Å²) in [5, 5.41) is 3.78. The second-order valence-electron chi connectivity index (χ2n) is 3.97. The van der Waals surface area contributed by atoms with Gasteiger partial charge in [-0.25, -0.2) is 0 Å². The Balaban J connectivity index is 2.42. The summed E-state index contributed by atoms with van der Waals surface area (Å²) in [6.45, 7) is -1.26. The highest BCUT2D eigenvalue weighted by Gasteiger charge is 2.27. The fourth-order valence-electron chi connectivity index (χ4n) is 1.25. The molecule has 1 rings (SSSR count). The van der Waals surface area contributed by atoms with Crippen LogP contribution in [0.4, 0.5) is 26.3 Å². The van der Waals surface area contributed by atoms with Gasteiger partial charge in [0.2, 0.25) is 0 Å². The van der Waals surface area contributed by atoms with Gasteiger partial charge >= 0.3 is 12.4 Å². The molecule has 0 radical (unpaired) electrons. The van der Waals surface area contributed by atoms with E-state index in [0.717, 1.165) is 4.68 Å². The average Bonchev–Trinajstić information content (AvgIpc) is 2.61. The van der Waals surface area contributed by atoms with Crippen LogP contribution in [0.15, 0.2) is 6.20 Å². The van der Waals surface area contributed by atoms with Crippen molar-refractivity contribution in [3.8, 4) is 0 Å². The van der Waals surface area contributed by atoms with E-state index in [1.807, 2.05) is 0 Å². The quantitative estimate of drug-likeness (QED) is 0.585. The first-order chi connectivity index (χ1) is 9.07. The van der Waals surface area contributed by atoms with Gasteiger partial charge in [0, 0.05) is 12.7 Å². The van der Waals surface area contributed by atoms with Crippen molar-refractivity contribution in [2.45, 2.75) is 38.3 Å². The van der Waals surface area contributed by atoms with Crippen LogP contribution in [0.2, 0.25) is 5.02 Å². The summed E-state index contributed by atoms with van der Waals surface area (Å²) < 4.78 is 77.3. The molecule has 1 aromatic heterocycles. The first-order valence-electron chi connectivity index (χ1n) is 5.50. The molecule has 0 bridgehead atoms. The maximum atomic E-state index is 12.0. The second kappa shape index (κ2) is 6.66. The zero-order chi connectivity index (χ0) is 15.4. The van der Waals surface area contributed by atoms with Crippen LogP contribution in [-0.2, 0) is 17.9 Å². The molecular formula is C10H11ClF6N2O. The molecule has 3 nitrogen and oxygen atoms in total. The number of halogens is 7. The van der Waals surface area contributed by atoms with E-state index in [4.69, 9.17) is 16.3 Å². The molecule has 0 fully saturated rings. The van der Waals surface area contributed by atoms with Crippen LogP contribution in [0, 0.1) is 0 Å². The van der Waals surface area contributed by atoms with Crippen molar-refractivity contribution in [2.75, 3.05) is 6.61 Å². The Labute approximate surface area is 115 Å². The molecule has 0 aromatic carbocycles. The standard InChI is InChI=1S/C10H11ClF6N2O/c11-7-5-19(3-1-9(12,13)14)18-8(7)6-20-4-2-10(15,16)17/h5H,1-4,6H2. The fourth-order valence-corrected chi connectivity index (χ4v) is 1.45. The maximum Gasteiger partial charge on any atom is 0.391 e. The van der Waals surface area contributed by atoms with E-state index in [-0.39, 0.29) is 17.3 Å². The van der Waals surface area contributed by atoms with Crippen LogP contribution in [0.3, 0.4) is 0 Å². The van der Waals surface area contributed by atoms with Gasteiger partial charge in [-0.15, -0.1) is 0 Å². The predicted octanol–water partition coefficient (Wildman–Crippen LogP) is 3.96. The Bertz CT molecular complexity index is 428. The number of rotatable bonds is 6.